The lowest BCUT2D eigenvalue weighted by Crippen LogP contribution is -2.52. The second-order valence-corrected chi connectivity index (χ2v) is 7.95. The number of esters is 1. The second kappa shape index (κ2) is 7.08. The van der Waals surface area contributed by atoms with Crippen LogP contribution in [-0.4, -0.2) is 53.6 Å². The molecule has 3 aliphatic rings. The Balaban J connectivity index is 1.42. The molecule has 4 heteroatoms. The Morgan fingerprint density at radius 1 is 1.20 bits per heavy atom. The smallest absolute Gasteiger partial charge is 0.310 e. The van der Waals surface area contributed by atoms with Gasteiger partial charge in [-0.15, -0.1) is 0 Å². The molecule has 0 aromatic heterocycles. The van der Waals surface area contributed by atoms with Gasteiger partial charge in [0.25, 0.3) is 0 Å². The molecule has 1 aromatic rings. The summed E-state index contributed by atoms with van der Waals surface area (Å²) in [6.45, 7) is 6.89. The number of likely N-dealkylation sites (tertiary alicyclic amines) is 1. The van der Waals surface area contributed by atoms with Crippen LogP contribution in [-0.2, 0) is 16.1 Å². The molecule has 0 aliphatic carbocycles. The normalized spacial score (nSPS) is 29.0. The Hall–Kier alpha value is -1.39. The van der Waals surface area contributed by atoms with Crippen molar-refractivity contribution in [1.29, 1.82) is 0 Å². The van der Waals surface area contributed by atoms with Gasteiger partial charge in [0.2, 0.25) is 0 Å². The molecule has 3 fully saturated rings. The zero-order valence-corrected chi connectivity index (χ0v) is 15.3. The number of fused-ring (bicyclic) bond motifs is 2. The van der Waals surface area contributed by atoms with E-state index < -0.39 is 0 Å². The quantitative estimate of drug-likeness (QED) is 0.788. The van der Waals surface area contributed by atoms with Crippen LogP contribution < -0.4 is 0 Å². The molecule has 3 saturated heterocycles. The van der Waals surface area contributed by atoms with E-state index >= 15 is 0 Å². The third kappa shape index (κ3) is 3.22. The molecule has 0 radical (unpaired) electrons. The van der Waals surface area contributed by atoms with Gasteiger partial charge in [0.05, 0.1) is 12.5 Å². The molecule has 4 nitrogen and oxygen atoms in total. The second-order valence-electron chi connectivity index (χ2n) is 7.95. The average Bonchev–Trinajstić information content (AvgIpc) is 3.22. The fourth-order valence-corrected chi connectivity index (χ4v) is 5.41. The molecule has 0 unspecified atom stereocenters. The van der Waals surface area contributed by atoms with E-state index in [1.807, 2.05) is 6.92 Å². The third-order valence-electron chi connectivity index (χ3n) is 6.60. The number of carbonyl (C=O) groups is 1. The van der Waals surface area contributed by atoms with Crippen molar-refractivity contribution in [3.8, 4) is 0 Å². The van der Waals surface area contributed by atoms with Crippen molar-refractivity contribution in [2.45, 2.75) is 57.2 Å². The molecule has 1 spiro atoms. The monoisotopic (exact) mass is 342 g/mol. The van der Waals surface area contributed by atoms with Crippen LogP contribution >= 0.6 is 0 Å². The summed E-state index contributed by atoms with van der Waals surface area (Å²) < 4.78 is 5.39. The maximum Gasteiger partial charge on any atom is 0.310 e. The van der Waals surface area contributed by atoms with E-state index in [2.05, 4.69) is 40.1 Å². The summed E-state index contributed by atoms with van der Waals surface area (Å²) in [6.07, 6.45) is 5.78. The lowest BCUT2D eigenvalue weighted by Gasteiger charge is -2.45. The molecule has 0 amide bonds. The molecule has 1 aromatic carbocycles. The van der Waals surface area contributed by atoms with Crippen LogP contribution in [0, 0.1) is 5.92 Å². The summed E-state index contributed by atoms with van der Waals surface area (Å²) in [5.74, 6) is 0.145. The van der Waals surface area contributed by atoms with Gasteiger partial charge in [0.15, 0.2) is 0 Å². The fourth-order valence-electron chi connectivity index (χ4n) is 5.41. The van der Waals surface area contributed by atoms with Crippen molar-refractivity contribution in [3.05, 3.63) is 35.9 Å². The number of rotatable bonds is 4. The van der Waals surface area contributed by atoms with E-state index in [9.17, 15) is 4.79 Å². The van der Waals surface area contributed by atoms with Crippen molar-refractivity contribution in [1.82, 2.24) is 9.80 Å². The first-order valence-electron chi connectivity index (χ1n) is 9.91. The van der Waals surface area contributed by atoms with Gasteiger partial charge in [-0.3, -0.25) is 14.6 Å². The minimum atomic E-state index is 0.0444. The summed E-state index contributed by atoms with van der Waals surface area (Å²) in [6, 6.07) is 11.2. The first-order chi connectivity index (χ1) is 12.2. The molecule has 3 heterocycles. The van der Waals surface area contributed by atoms with E-state index in [1.165, 1.54) is 37.8 Å². The van der Waals surface area contributed by atoms with E-state index in [-0.39, 0.29) is 17.4 Å². The molecule has 3 aliphatic heterocycles. The predicted molar refractivity (Wildman–Crippen MR) is 98.2 cm³/mol. The highest BCUT2D eigenvalue weighted by Gasteiger charge is 2.56. The molecular formula is C21H30N2O2. The van der Waals surface area contributed by atoms with Crippen LogP contribution in [0.25, 0.3) is 0 Å². The maximum absolute atomic E-state index is 12.5. The van der Waals surface area contributed by atoms with E-state index in [0.29, 0.717) is 12.6 Å². The number of hydrogen-bond acceptors (Lipinski definition) is 4. The van der Waals surface area contributed by atoms with Crippen LogP contribution in [0.15, 0.2) is 30.3 Å². The van der Waals surface area contributed by atoms with Crippen LogP contribution in [0.4, 0.5) is 0 Å². The average molecular weight is 342 g/mol. The molecule has 0 N–H and O–H groups in total. The zero-order valence-electron chi connectivity index (χ0n) is 15.3. The maximum atomic E-state index is 12.5. The van der Waals surface area contributed by atoms with Gasteiger partial charge in [0.1, 0.15) is 0 Å². The van der Waals surface area contributed by atoms with Crippen LogP contribution in [0.5, 0.6) is 0 Å². The highest BCUT2D eigenvalue weighted by Crippen LogP contribution is 2.49. The molecule has 2 atom stereocenters. The van der Waals surface area contributed by atoms with Gasteiger partial charge in [0, 0.05) is 31.2 Å². The first kappa shape index (κ1) is 17.0. The zero-order chi connectivity index (χ0) is 17.3. The number of nitrogens with zero attached hydrogens (tertiary/aromatic N) is 2. The highest BCUT2D eigenvalue weighted by molar-refractivity contribution is 5.74. The van der Waals surface area contributed by atoms with Gasteiger partial charge >= 0.3 is 5.97 Å². The number of ether oxygens (including phenoxy) is 1. The van der Waals surface area contributed by atoms with Crippen molar-refractivity contribution in [2.75, 3.05) is 26.2 Å². The van der Waals surface area contributed by atoms with E-state index in [1.54, 1.807) is 0 Å². The van der Waals surface area contributed by atoms with Crippen molar-refractivity contribution >= 4 is 5.97 Å². The Morgan fingerprint density at radius 2 is 1.96 bits per heavy atom. The third-order valence-corrected chi connectivity index (χ3v) is 6.60. The number of hydrogen-bond donors (Lipinski definition) is 0. The Bertz CT molecular complexity index is 595. The predicted octanol–water partition coefficient (Wildman–Crippen LogP) is 3.07. The van der Waals surface area contributed by atoms with E-state index in [0.717, 1.165) is 26.1 Å². The molecule has 25 heavy (non-hydrogen) atoms. The standard InChI is InChI=1S/C21H30N2O2/c1-2-25-20(24)18-15-21(23-12-6-9-19(18)23)10-13-22(14-11-21)16-17-7-4-3-5-8-17/h3-5,7-8,18-19H,2,6,9-16H2,1H3/t18-,19-/m1/s1. The van der Waals surface area contributed by atoms with Crippen molar-refractivity contribution < 1.29 is 9.53 Å². The van der Waals surface area contributed by atoms with Crippen LogP contribution in [0.2, 0.25) is 0 Å². The Labute approximate surface area is 151 Å². The minimum Gasteiger partial charge on any atom is -0.466 e. The summed E-state index contributed by atoms with van der Waals surface area (Å²) in [5, 5.41) is 0. The fraction of sp³-hybridized carbons (Fsp3) is 0.667. The minimum absolute atomic E-state index is 0.0444. The topological polar surface area (TPSA) is 32.8 Å². The summed E-state index contributed by atoms with van der Waals surface area (Å²) in [4.78, 5) is 17.7. The number of benzene rings is 1. The van der Waals surface area contributed by atoms with E-state index in [4.69, 9.17) is 4.74 Å². The summed E-state index contributed by atoms with van der Waals surface area (Å²) in [7, 11) is 0. The first-order valence-corrected chi connectivity index (χ1v) is 9.91. The largest absolute Gasteiger partial charge is 0.466 e. The van der Waals surface area contributed by atoms with Crippen LogP contribution in [0.1, 0.15) is 44.6 Å². The summed E-state index contributed by atoms with van der Waals surface area (Å²) >= 11 is 0. The number of carbonyl (C=O) groups excluding carboxylic acids is 1. The lowest BCUT2D eigenvalue weighted by atomic mass is 9.81. The van der Waals surface area contributed by atoms with Gasteiger partial charge < -0.3 is 4.74 Å². The lowest BCUT2D eigenvalue weighted by molar-refractivity contribution is -0.148. The Kier molecular flexibility index (Phi) is 4.83. The van der Waals surface area contributed by atoms with Gasteiger partial charge in [-0.1, -0.05) is 30.3 Å². The molecule has 0 bridgehead atoms. The van der Waals surface area contributed by atoms with Crippen LogP contribution in [0.3, 0.4) is 0 Å². The van der Waals surface area contributed by atoms with Crippen molar-refractivity contribution in [2.24, 2.45) is 5.92 Å². The highest BCUT2D eigenvalue weighted by atomic mass is 16.5. The Morgan fingerprint density at radius 3 is 2.68 bits per heavy atom. The number of piperidine rings is 1. The van der Waals surface area contributed by atoms with Gasteiger partial charge in [-0.05, 0) is 51.1 Å². The van der Waals surface area contributed by atoms with Crippen molar-refractivity contribution in [3.63, 3.8) is 0 Å². The molecule has 4 rings (SSSR count). The summed E-state index contributed by atoms with van der Waals surface area (Å²) in [5.41, 5.74) is 1.64. The molecule has 136 valence electrons. The van der Waals surface area contributed by atoms with Gasteiger partial charge in [-0.2, -0.15) is 0 Å². The van der Waals surface area contributed by atoms with Gasteiger partial charge in [-0.25, -0.2) is 0 Å². The molecule has 0 saturated carbocycles. The SMILES string of the molecule is CCOC(=O)[C@@H]1CC2(CCN(Cc3ccccc3)CC2)N2CCC[C@H]12. The molecular weight excluding hydrogens is 312 g/mol.